The van der Waals surface area contributed by atoms with Crippen LogP contribution >= 0.6 is 23.2 Å². The highest BCUT2D eigenvalue weighted by Crippen LogP contribution is 2.29. The lowest BCUT2D eigenvalue weighted by molar-refractivity contribution is 0.521. The average molecular weight is 298 g/mol. The van der Waals surface area contributed by atoms with Crippen molar-refractivity contribution in [2.75, 3.05) is 6.54 Å². The molecule has 2 rings (SSSR count). The first kappa shape index (κ1) is 14.4. The normalized spacial score (nSPS) is 12.6. The van der Waals surface area contributed by atoms with Crippen LogP contribution in [0.5, 0.6) is 0 Å². The number of aromatic nitrogens is 2. The van der Waals surface area contributed by atoms with E-state index in [2.05, 4.69) is 17.2 Å². The summed E-state index contributed by atoms with van der Waals surface area (Å²) in [5, 5.41) is 4.86. The fourth-order valence-corrected chi connectivity index (χ4v) is 2.71. The maximum absolute atomic E-state index is 6.24. The molecule has 102 valence electrons. The predicted molar refractivity (Wildman–Crippen MR) is 79.8 cm³/mol. The minimum Gasteiger partial charge on any atom is -0.336 e. The smallest absolute Gasteiger partial charge is 0.0946 e. The number of nitrogens with zero attached hydrogens (tertiary/aromatic N) is 2. The first-order valence-corrected chi connectivity index (χ1v) is 7.01. The summed E-state index contributed by atoms with van der Waals surface area (Å²) in [6.45, 7) is 2.95. The molecule has 3 nitrogen and oxygen atoms in total. The summed E-state index contributed by atoms with van der Waals surface area (Å²) in [5.41, 5.74) is 2.09. The molecule has 1 N–H and O–H groups in total. The second-order valence-electron chi connectivity index (χ2n) is 4.44. The van der Waals surface area contributed by atoms with Crippen LogP contribution in [0.15, 0.2) is 30.7 Å². The molecule has 1 unspecified atom stereocenters. The van der Waals surface area contributed by atoms with Gasteiger partial charge in [0, 0.05) is 23.3 Å². The van der Waals surface area contributed by atoms with E-state index in [0.717, 1.165) is 24.2 Å². The lowest BCUT2D eigenvalue weighted by Gasteiger charge is -2.19. The van der Waals surface area contributed by atoms with Crippen molar-refractivity contribution in [1.29, 1.82) is 0 Å². The van der Waals surface area contributed by atoms with Crippen LogP contribution in [-0.4, -0.2) is 16.1 Å². The van der Waals surface area contributed by atoms with Crippen LogP contribution in [0, 0.1) is 0 Å². The van der Waals surface area contributed by atoms with Crippen LogP contribution in [0.3, 0.4) is 0 Å². The largest absolute Gasteiger partial charge is 0.336 e. The Bertz CT molecular complexity index is 531. The van der Waals surface area contributed by atoms with Gasteiger partial charge in [-0.05, 0) is 30.7 Å². The molecule has 19 heavy (non-hydrogen) atoms. The highest BCUT2D eigenvalue weighted by molar-refractivity contribution is 6.36. The third-order valence-electron chi connectivity index (χ3n) is 3.13. The highest BCUT2D eigenvalue weighted by atomic mass is 35.5. The number of hydrogen-bond acceptors (Lipinski definition) is 2. The van der Waals surface area contributed by atoms with Crippen molar-refractivity contribution in [1.82, 2.24) is 14.9 Å². The van der Waals surface area contributed by atoms with Crippen molar-refractivity contribution >= 4 is 23.2 Å². The van der Waals surface area contributed by atoms with E-state index in [1.54, 1.807) is 6.33 Å². The molecule has 0 saturated carbocycles. The van der Waals surface area contributed by atoms with Crippen LogP contribution in [0.4, 0.5) is 0 Å². The van der Waals surface area contributed by atoms with Gasteiger partial charge in [-0.25, -0.2) is 4.98 Å². The van der Waals surface area contributed by atoms with Gasteiger partial charge in [-0.3, -0.25) is 0 Å². The lowest BCUT2D eigenvalue weighted by atomic mass is 10.0. The fourth-order valence-electron chi connectivity index (χ4n) is 2.16. The number of nitrogens with one attached hydrogen (secondary N) is 1. The third-order valence-corrected chi connectivity index (χ3v) is 3.84. The van der Waals surface area contributed by atoms with E-state index in [9.17, 15) is 0 Å². The van der Waals surface area contributed by atoms with E-state index in [0.29, 0.717) is 10.0 Å². The molecule has 0 amide bonds. The Morgan fingerprint density at radius 3 is 2.53 bits per heavy atom. The van der Waals surface area contributed by atoms with E-state index in [-0.39, 0.29) is 6.04 Å². The topological polar surface area (TPSA) is 29.9 Å². The predicted octanol–water partition coefficient (Wildman–Crippen LogP) is 3.62. The van der Waals surface area contributed by atoms with E-state index >= 15 is 0 Å². The molecule has 0 spiro atoms. The molecule has 0 fully saturated rings. The van der Waals surface area contributed by atoms with Gasteiger partial charge >= 0.3 is 0 Å². The van der Waals surface area contributed by atoms with Crippen LogP contribution < -0.4 is 5.32 Å². The molecule has 5 heteroatoms. The summed E-state index contributed by atoms with van der Waals surface area (Å²) < 4.78 is 2.01. The Labute approximate surface area is 123 Å². The van der Waals surface area contributed by atoms with Crippen molar-refractivity contribution < 1.29 is 0 Å². The molecule has 0 radical (unpaired) electrons. The first-order valence-electron chi connectivity index (χ1n) is 6.26. The van der Waals surface area contributed by atoms with Gasteiger partial charge in [0.2, 0.25) is 0 Å². The van der Waals surface area contributed by atoms with Crippen LogP contribution in [0.1, 0.15) is 24.2 Å². The van der Waals surface area contributed by atoms with E-state index < -0.39 is 0 Å². The molecular formula is C14H17Cl2N3. The highest BCUT2D eigenvalue weighted by Gasteiger charge is 2.17. The first-order chi connectivity index (χ1) is 9.13. The number of aryl methyl sites for hydroxylation is 1. The Hall–Kier alpha value is -1.03. The molecule has 1 atom stereocenters. The maximum Gasteiger partial charge on any atom is 0.0946 e. The second kappa shape index (κ2) is 6.42. The van der Waals surface area contributed by atoms with Gasteiger partial charge in [-0.1, -0.05) is 36.2 Å². The number of benzene rings is 1. The van der Waals surface area contributed by atoms with E-state index in [1.165, 1.54) is 0 Å². The number of halogens is 2. The Kier molecular flexibility index (Phi) is 4.86. The van der Waals surface area contributed by atoms with Gasteiger partial charge in [0.1, 0.15) is 0 Å². The summed E-state index contributed by atoms with van der Waals surface area (Å²) in [7, 11) is 1.99. The standard InChI is InChI=1S/C14H17Cl2N3/c1-3-18-13(14-8-17-9-19(14)2)7-10-11(15)5-4-6-12(10)16/h4-6,8-9,13,18H,3,7H2,1-2H3. The fraction of sp³-hybridized carbons (Fsp3) is 0.357. The minimum atomic E-state index is 0.148. The van der Waals surface area contributed by atoms with Gasteiger partial charge in [0.25, 0.3) is 0 Å². The third kappa shape index (κ3) is 3.30. The maximum atomic E-state index is 6.24. The SMILES string of the molecule is CCNC(Cc1c(Cl)cccc1Cl)c1cncn1C. The molecule has 1 aromatic carbocycles. The van der Waals surface area contributed by atoms with Crippen LogP contribution in [0.25, 0.3) is 0 Å². The zero-order valence-corrected chi connectivity index (χ0v) is 12.5. The monoisotopic (exact) mass is 297 g/mol. The average Bonchev–Trinajstić information content (AvgIpc) is 2.79. The van der Waals surface area contributed by atoms with Crippen molar-refractivity contribution in [3.05, 3.63) is 52.0 Å². The molecule has 1 aromatic heterocycles. The van der Waals surface area contributed by atoms with Gasteiger partial charge in [0.05, 0.1) is 18.1 Å². The van der Waals surface area contributed by atoms with Gasteiger partial charge in [-0.15, -0.1) is 0 Å². The van der Waals surface area contributed by atoms with Gasteiger partial charge in [-0.2, -0.15) is 0 Å². The van der Waals surface area contributed by atoms with Crippen molar-refractivity contribution in [2.45, 2.75) is 19.4 Å². The summed E-state index contributed by atoms with van der Waals surface area (Å²) in [6, 6.07) is 5.75. The zero-order chi connectivity index (χ0) is 13.8. The lowest BCUT2D eigenvalue weighted by Crippen LogP contribution is -2.25. The summed E-state index contributed by atoms with van der Waals surface area (Å²) in [5.74, 6) is 0. The van der Waals surface area contributed by atoms with E-state index in [4.69, 9.17) is 23.2 Å². The second-order valence-corrected chi connectivity index (χ2v) is 5.26. The van der Waals surface area contributed by atoms with Crippen molar-refractivity contribution in [3.63, 3.8) is 0 Å². The van der Waals surface area contributed by atoms with Gasteiger partial charge in [0.15, 0.2) is 0 Å². The molecule has 1 heterocycles. The molecule has 2 aromatic rings. The minimum absolute atomic E-state index is 0.148. The molecule has 0 aliphatic heterocycles. The zero-order valence-electron chi connectivity index (χ0n) is 11.0. The Morgan fingerprint density at radius 1 is 1.32 bits per heavy atom. The number of rotatable bonds is 5. The van der Waals surface area contributed by atoms with Gasteiger partial charge < -0.3 is 9.88 Å². The van der Waals surface area contributed by atoms with Crippen LogP contribution in [-0.2, 0) is 13.5 Å². The number of hydrogen-bond donors (Lipinski definition) is 1. The van der Waals surface area contributed by atoms with Crippen LogP contribution in [0.2, 0.25) is 10.0 Å². The summed E-state index contributed by atoms with van der Waals surface area (Å²) in [4.78, 5) is 4.17. The number of likely N-dealkylation sites (N-methyl/N-ethyl adjacent to an activating group) is 1. The molecule has 0 aliphatic carbocycles. The quantitative estimate of drug-likeness (QED) is 0.913. The molecular weight excluding hydrogens is 281 g/mol. The summed E-state index contributed by atoms with van der Waals surface area (Å²) in [6.07, 6.45) is 4.41. The number of imidazole rings is 1. The van der Waals surface area contributed by atoms with Crippen molar-refractivity contribution in [2.24, 2.45) is 7.05 Å². The summed E-state index contributed by atoms with van der Waals surface area (Å²) >= 11 is 12.5. The Morgan fingerprint density at radius 2 is 2.00 bits per heavy atom. The molecule has 0 bridgehead atoms. The Balaban J connectivity index is 2.29. The van der Waals surface area contributed by atoms with Crippen molar-refractivity contribution in [3.8, 4) is 0 Å². The molecule has 0 saturated heterocycles. The van der Waals surface area contributed by atoms with E-state index in [1.807, 2.05) is 36.0 Å². The molecule has 0 aliphatic rings.